The van der Waals surface area contributed by atoms with Gasteiger partial charge in [-0.1, -0.05) is 153 Å². The molecule has 1 aliphatic carbocycles. The zero-order valence-corrected chi connectivity index (χ0v) is 34.8. The third-order valence-corrected chi connectivity index (χ3v) is 14.2. The normalized spacial score (nSPS) is 13.4. The Kier molecular flexibility index (Phi) is 6.93. The average molecular weight is 803 g/mol. The molecule has 2 heterocycles. The number of fused-ring (bicyclic) bond motifs is 13. The van der Waals surface area contributed by atoms with Crippen molar-refractivity contribution in [2.75, 3.05) is 0 Å². The highest BCUT2D eigenvalue weighted by Gasteiger charge is 2.36. The predicted octanol–water partition coefficient (Wildman–Crippen LogP) is 17.4. The van der Waals surface area contributed by atoms with Crippen LogP contribution in [0.25, 0.3) is 131 Å². The first-order valence-electron chi connectivity index (χ1n) is 21.9. The molecule has 0 aliphatic heterocycles. The van der Waals surface area contributed by atoms with E-state index in [0.717, 1.165) is 49.3 Å². The van der Waals surface area contributed by atoms with Crippen LogP contribution in [-0.4, -0.2) is 0 Å². The molecule has 0 N–H and O–H groups in total. The van der Waals surface area contributed by atoms with Crippen LogP contribution in [0.4, 0.5) is 0 Å². The molecular weight excluding hydrogens is 765 g/mol. The number of para-hydroxylation sites is 1. The minimum absolute atomic E-state index is 0.209. The highest BCUT2D eigenvalue weighted by molar-refractivity contribution is 6.24. The summed E-state index contributed by atoms with van der Waals surface area (Å²) < 4.78 is 12.7. The Hall–Kier alpha value is -7.94. The molecule has 0 fully saturated rings. The third-order valence-electron chi connectivity index (χ3n) is 14.2. The lowest BCUT2D eigenvalue weighted by atomic mass is 9.80. The lowest BCUT2D eigenvalue weighted by Gasteiger charge is -2.23. The summed E-state index contributed by atoms with van der Waals surface area (Å²) >= 11 is 0. The van der Waals surface area contributed by atoms with Gasteiger partial charge in [-0.15, -0.1) is 0 Å². The van der Waals surface area contributed by atoms with Gasteiger partial charge in [-0.05, 0) is 153 Å². The maximum absolute atomic E-state index is 6.49. The van der Waals surface area contributed by atoms with Gasteiger partial charge in [0.05, 0.1) is 0 Å². The van der Waals surface area contributed by atoms with E-state index < -0.39 is 0 Å². The van der Waals surface area contributed by atoms with E-state index in [1.165, 1.54) is 93.3 Å². The molecule has 0 saturated carbocycles. The van der Waals surface area contributed by atoms with Gasteiger partial charge < -0.3 is 8.83 Å². The minimum atomic E-state index is -0.209. The summed E-state index contributed by atoms with van der Waals surface area (Å²) in [5.74, 6) is 0. The fourth-order valence-electron chi connectivity index (χ4n) is 11.2. The van der Waals surface area contributed by atoms with E-state index in [-0.39, 0.29) is 5.41 Å². The number of hydrogen-bond acceptors (Lipinski definition) is 2. The number of furan rings is 2. The molecule has 0 amide bonds. The summed E-state index contributed by atoms with van der Waals surface area (Å²) in [4.78, 5) is 0. The summed E-state index contributed by atoms with van der Waals surface area (Å²) in [6.07, 6.45) is 0. The number of rotatable bonds is 3. The number of hydrogen-bond donors (Lipinski definition) is 0. The van der Waals surface area contributed by atoms with Crippen LogP contribution in [0.1, 0.15) is 25.0 Å². The molecule has 0 spiro atoms. The molecule has 13 aromatic rings. The summed E-state index contributed by atoms with van der Waals surface area (Å²) in [6.45, 7) is 4.78. The van der Waals surface area contributed by atoms with Crippen molar-refractivity contribution in [2.45, 2.75) is 19.3 Å². The van der Waals surface area contributed by atoms with E-state index in [9.17, 15) is 0 Å². The Labute approximate surface area is 363 Å². The van der Waals surface area contributed by atoms with E-state index >= 15 is 0 Å². The maximum atomic E-state index is 6.49. The van der Waals surface area contributed by atoms with Gasteiger partial charge >= 0.3 is 0 Å². The fraction of sp³-hybridized carbons (Fsp3) is 0.0492. The molecule has 1 aliphatic rings. The second-order valence-electron chi connectivity index (χ2n) is 18.0. The SMILES string of the molecule is CC1(C)c2cc(-c3ccc4oc5cc6cc7oc8ccccc8c7cc6cc5c4c3)ccc2-c2ccc(-c3c4ccccc4c(-c4cccc5ccccc45)c4ccccc34)cc21. The smallest absolute Gasteiger partial charge is 0.136 e. The fourth-order valence-corrected chi connectivity index (χ4v) is 11.2. The monoisotopic (exact) mass is 802 g/mol. The van der Waals surface area contributed by atoms with Crippen LogP contribution in [0.3, 0.4) is 0 Å². The second kappa shape index (κ2) is 12.6. The standard InChI is InChI=1S/C61H38O2/c1-61(2)53-31-37(36-24-27-56-51(28-36)52-30-39-29-50-44-15-9-10-21-55(44)62-57(50)33-40(39)34-58(52)63-56)22-25-42(53)43-26-23-38(32-54(43)61)59-46-16-5-7-18-48(46)60(49-19-8-6-17-47(49)59)45-20-11-13-35-12-3-4-14-41(35)45/h3-34H,1-2H3. The first-order valence-corrected chi connectivity index (χ1v) is 21.9. The van der Waals surface area contributed by atoms with Crippen molar-refractivity contribution in [3.8, 4) is 44.5 Å². The van der Waals surface area contributed by atoms with Crippen LogP contribution >= 0.6 is 0 Å². The molecule has 0 radical (unpaired) electrons. The summed E-state index contributed by atoms with van der Waals surface area (Å²) in [5.41, 5.74) is 16.2. The largest absolute Gasteiger partial charge is 0.456 e. The summed E-state index contributed by atoms with van der Waals surface area (Å²) in [7, 11) is 0. The van der Waals surface area contributed by atoms with E-state index in [0.29, 0.717) is 0 Å². The van der Waals surface area contributed by atoms with Crippen molar-refractivity contribution in [1.82, 2.24) is 0 Å². The van der Waals surface area contributed by atoms with E-state index in [1.807, 2.05) is 12.1 Å². The van der Waals surface area contributed by atoms with Crippen molar-refractivity contribution >= 4 is 87.0 Å². The second-order valence-corrected chi connectivity index (χ2v) is 18.0. The van der Waals surface area contributed by atoms with Crippen molar-refractivity contribution in [2.24, 2.45) is 0 Å². The van der Waals surface area contributed by atoms with E-state index in [2.05, 4.69) is 196 Å². The molecule has 2 aromatic heterocycles. The van der Waals surface area contributed by atoms with Gasteiger partial charge in [0.25, 0.3) is 0 Å². The molecule has 0 bridgehead atoms. The Morgan fingerprint density at radius 1 is 0.286 bits per heavy atom. The van der Waals surface area contributed by atoms with Gasteiger partial charge in [-0.3, -0.25) is 0 Å². The quantitative estimate of drug-likeness (QED) is 0.166. The van der Waals surface area contributed by atoms with Crippen molar-refractivity contribution < 1.29 is 8.83 Å². The Bertz CT molecular complexity index is 4060. The van der Waals surface area contributed by atoms with Crippen LogP contribution in [0.15, 0.2) is 203 Å². The molecule has 14 rings (SSSR count). The van der Waals surface area contributed by atoms with Crippen molar-refractivity contribution in [3.05, 3.63) is 205 Å². The summed E-state index contributed by atoms with van der Waals surface area (Å²) in [6, 6.07) is 71.5. The predicted molar refractivity (Wildman–Crippen MR) is 265 cm³/mol. The van der Waals surface area contributed by atoms with Crippen LogP contribution < -0.4 is 0 Å². The number of benzene rings is 11. The maximum Gasteiger partial charge on any atom is 0.136 e. The van der Waals surface area contributed by atoms with Gasteiger partial charge in [0.2, 0.25) is 0 Å². The highest BCUT2D eigenvalue weighted by atomic mass is 16.3. The molecule has 0 atom stereocenters. The first kappa shape index (κ1) is 34.7. The molecule has 0 unspecified atom stereocenters. The van der Waals surface area contributed by atoms with Gasteiger partial charge in [-0.2, -0.15) is 0 Å². The molecule has 63 heavy (non-hydrogen) atoms. The first-order chi connectivity index (χ1) is 31.0. The molecule has 0 saturated heterocycles. The van der Waals surface area contributed by atoms with Crippen molar-refractivity contribution in [1.29, 1.82) is 0 Å². The minimum Gasteiger partial charge on any atom is -0.456 e. The lowest BCUT2D eigenvalue weighted by molar-refractivity contribution is 0.661. The third kappa shape index (κ3) is 4.89. The Morgan fingerprint density at radius 3 is 1.46 bits per heavy atom. The van der Waals surface area contributed by atoms with Gasteiger partial charge in [-0.25, -0.2) is 0 Å². The highest BCUT2D eigenvalue weighted by Crippen LogP contribution is 2.53. The Balaban J connectivity index is 0.885. The van der Waals surface area contributed by atoms with Gasteiger partial charge in [0.1, 0.15) is 22.3 Å². The molecule has 2 heteroatoms. The van der Waals surface area contributed by atoms with Crippen LogP contribution in [0.5, 0.6) is 0 Å². The molecule has 2 nitrogen and oxygen atoms in total. The zero-order chi connectivity index (χ0) is 41.6. The van der Waals surface area contributed by atoms with Gasteiger partial charge in [0, 0.05) is 27.0 Å². The van der Waals surface area contributed by atoms with Crippen LogP contribution in [0, 0.1) is 0 Å². The lowest BCUT2D eigenvalue weighted by Crippen LogP contribution is -2.15. The van der Waals surface area contributed by atoms with E-state index in [4.69, 9.17) is 8.83 Å². The zero-order valence-electron chi connectivity index (χ0n) is 34.8. The van der Waals surface area contributed by atoms with Gasteiger partial charge in [0.15, 0.2) is 0 Å². The van der Waals surface area contributed by atoms with Crippen LogP contribution in [-0.2, 0) is 5.41 Å². The van der Waals surface area contributed by atoms with E-state index in [1.54, 1.807) is 0 Å². The summed E-state index contributed by atoms with van der Waals surface area (Å²) in [5, 5.41) is 14.4. The average Bonchev–Trinajstić information content (AvgIpc) is 3.94. The van der Waals surface area contributed by atoms with Crippen LogP contribution in [0.2, 0.25) is 0 Å². The molecular formula is C61H38O2. The molecule has 11 aromatic carbocycles. The molecule has 294 valence electrons. The Morgan fingerprint density at radius 2 is 0.762 bits per heavy atom. The topological polar surface area (TPSA) is 26.3 Å². The van der Waals surface area contributed by atoms with Crippen molar-refractivity contribution in [3.63, 3.8) is 0 Å².